The Bertz CT molecular complexity index is 629. The van der Waals surface area contributed by atoms with Gasteiger partial charge >= 0.3 is 0 Å². The minimum absolute atomic E-state index is 0.612. The maximum Gasteiger partial charge on any atom is 0.200 e. The van der Waals surface area contributed by atoms with Gasteiger partial charge in [-0.3, -0.25) is 0 Å². The Morgan fingerprint density at radius 3 is 1.95 bits per heavy atom. The average molecular weight is 372 g/mol. The van der Waals surface area contributed by atoms with E-state index in [4.69, 9.17) is 0 Å². The lowest BCUT2D eigenvalue weighted by molar-refractivity contribution is 0.381. The van der Waals surface area contributed by atoms with Crippen LogP contribution in [0.25, 0.3) is 0 Å². The summed E-state index contributed by atoms with van der Waals surface area (Å²) in [4.78, 5) is 0.681. The standard InChI is InChI=1S/C12H7BrF5NS/c1-4(6-2-5(13)3-20-6)19-12-10(17)8(15)7(14)9(16)11(12)18/h2-4,19H,1H3. The van der Waals surface area contributed by atoms with Gasteiger partial charge in [0.05, 0.1) is 6.04 Å². The minimum atomic E-state index is -2.17. The third-order valence-corrected chi connectivity index (χ3v) is 4.46. The summed E-state index contributed by atoms with van der Waals surface area (Å²) in [6.07, 6.45) is 0. The number of benzene rings is 1. The van der Waals surface area contributed by atoms with E-state index < -0.39 is 40.8 Å². The Balaban J connectivity index is 2.39. The molecule has 8 heteroatoms. The zero-order valence-corrected chi connectivity index (χ0v) is 12.3. The normalized spacial score (nSPS) is 12.6. The molecule has 1 N–H and O–H groups in total. The van der Waals surface area contributed by atoms with Crippen LogP contribution in [0.3, 0.4) is 0 Å². The van der Waals surface area contributed by atoms with Crippen LogP contribution in [0.1, 0.15) is 17.8 Å². The summed E-state index contributed by atoms with van der Waals surface area (Å²) in [5.74, 6) is -9.85. The molecule has 0 bridgehead atoms. The van der Waals surface area contributed by atoms with E-state index in [1.165, 1.54) is 11.3 Å². The molecule has 108 valence electrons. The summed E-state index contributed by atoms with van der Waals surface area (Å²) >= 11 is 4.50. The number of hydrogen-bond donors (Lipinski definition) is 1. The first-order valence-electron chi connectivity index (χ1n) is 5.34. The number of rotatable bonds is 3. The van der Waals surface area contributed by atoms with Gasteiger partial charge in [0.15, 0.2) is 23.3 Å². The van der Waals surface area contributed by atoms with Crippen LogP contribution in [0, 0.1) is 29.1 Å². The van der Waals surface area contributed by atoms with E-state index in [0.717, 1.165) is 4.47 Å². The largest absolute Gasteiger partial charge is 0.373 e. The van der Waals surface area contributed by atoms with Crippen LogP contribution in [-0.4, -0.2) is 0 Å². The van der Waals surface area contributed by atoms with Crippen molar-refractivity contribution < 1.29 is 22.0 Å². The number of nitrogens with one attached hydrogen (secondary N) is 1. The molecule has 0 amide bonds. The van der Waals surface area contributed by atoms with E-state index in [1.807, 2.05) is 0 Å². The number of hydrogen-bond acceptors (Lipinski definition) is 2. The van der Waals surface area contributed by atoms with Crippen LogP contribution in [0.2, 0.25) is 0 Å². The van der Waals surface area contributed by atoms with Crippen LogP contribution in [0.4, 0.5) is 27.6 Å². The molecule has 0 aliphatic heterocycles. The van der Waals surface area contributed by atoms with Crippen LogP contribution < -0.4 is 5.32 Å². The Morgan fingerprint density at radius 1 is 1.00 bits per heavy atom. The summed E-state index contributed by atoms with van der Waals surface area (Å²) in [6.45, 7) is 1.55. The third-order valence-electron chi connectivity index (χ3n) is 2.59. The predicted octanol–water partition coefficient (Wildman–Crippen LogP) is 5.38. The van der Waals surface area contributed by atoms with Gasteiger partial charge in [0, 0.05) is 14.7 Å². The van der Waals surface area contributed by atoms with Crippen molar-refractivity contribution in [2.75, 3.05) is 5.32 Å². The predicted molar refractivity (Wildman–Crippen MR) is 70.3 cm³/mol. The maximum atomic E-state index is 13.5. The molecule has 1 atom stereocenters. The van der Waals surface area contributed by atoms with Crippen molar-refractivity contribution >= 4 is 33.0 Å². The molecule has 0 saturated heterocycles. The van der Waals surface area contributed by atoms with Gasteiger partial charge in [-0.25, -0.2) is 22.0 Å². The number of anilines is 1. The highest BCUT2D eigenvalue weighted by Gasteiger charge is 2.26. The minimum Gasteiger partial charge on any atom is -0.373 e. The van der Waals surface area contributed by atoms with E-state index in [-0.39, 0.29) is 0 Å². The molecular formula is C12H7BrF5NS. The van der Waals surface area contributed by atoms with Crippen molar-refractivity contribution in [3.63, 3.8) is 0 Å². The van der Waals surface area contributed by atoms with E-state index in [9.17, 15) is 22.0 Å². The van der Waals surface area contributed by atoms with Crippen LogP contribution in [-0.2, 0) is 0 Å². The van der Waals surface area contributed by atoms with E-state index in [1.54, 1.807) is 18.4 Å². The Labute approximate surface area is 123 Å². The van der Waals surface area contributed by atoms with Gasteiger partial charge < -0.3 is 5.32 Å². The lowest BCUT2D eigenvalue weighted by atomic mass is 10.2. The first kappa shape index (κ1) is 15.2. The molecule has 1 unspecified atom stereocenters. The van der Waals surface area contributed by atoms with Crippen LogP contribution in [0.15, 0.2) is 15.9 Å². The molecular weight excluding hydrogens is 365 g/mol. The quantitative estimate of drug-likeness (QED) is 0.434. The van der Waals surface area contributed by atoms with Crippen molar-refractivity contribution in [1.82, 2.24) is 0 Å². The highest BCUT2D eigenvalue weighted by atomic mass is 79.9. The molecule has 1 aromatic heterocycles. The second-order valence-electron chi connectivity index (χ2n) is 3.98. The van der Waals surface area contributed by atoms with E-state index in [0.29, 0.717) is 4.88 Å². The van der Waals surface area contributed by atoms with Gasteiger partial charge in [-0.1, -0.05) is 0 Å². The maximum absolute atomic E-state index is 13.5. The van der Waals surface area contributed by atoms with Crippen molar-refractivity contribution in [2.24, 2.45) is 0 Å². The van der Waals surface area contributed by atoms with Crippen molar-refractivity contribution in [3.05, 3.63) is 49.9 Å². The molecule has 0 radical (unpaired) electrons. The van der Waals surface area contributed by atoms with Crippen LogP contribution >= 0.6 is 27.3 Å². The molecule has 0 aliphatic carbocycles. The first-order chi connectivity index (χ1) is 9.32. The smallest absolute Gasteiger partial charge is 0.200 e. The summed E-state index contributed by atoms with van der Waals surface area (Å²) in [5, 5.41) is 4.05. The molecule has 0 spiro atoms. The molecule has 0 saturated carbocycles. The van der Waals surface area contributed by atoms with Crippen LogP contribution in [0.5, 0.6) is 0 Å². The van der Waals surface area contributed by atoms with Gasteiger partial charge in [0.2, 0.25) is 5.82 Å². The topological polar surface area (TPSA) is 12.0 Å². The second kappa shape index (κ2) is 5.69. The van der Waals surface area contributed by atoms with Gasteiger partial charge in [0.1, 0.15) is 5.69 Å². The first-order valence-corrected chi connectivity index (χ1v) is 7.02. The molecule has 1 aromatic carbocycles. The van der Waals surface area contributed by atoms with Crippen molar-refractivity contribution in [1.29, 1.82) is 0 Å². The molecule has 0 aliphatic rings. The van der Waals surface area contributed by atoms with E-state index in [2.05, 4.69) is 21.2 Å². The average Bonchev–Trinajstić information content (AvgIpc) is 2.85. The van der Waals surface area contributed by atoms with Crippen molar-refractivity contribution in [3.8, 4) is 0 Å². The second-order valence-corrected chi connectivity index (χ2v) is 5.84. The van der Waals surface area contributed by atoms with E-state index >= 15 is 0 Å². The molecule has 1 heterocycles. The summed E-state index contributed by atoms with van der Waals surface area (Å²) < 4.78 is 66.8. The monoisotopic (exact) mass is 371 g/mol. The molecule has 2 aromatic rings. The zero-order valence-electron chi connectivity index (χ0n) is 9.91. The van der Waals surface area contributed by atoms with Crippen molar-refractivity contribution in [2.45, 2.75) is 13.0 Å². The fourth-order valence-electron chi connectivity index (χ4n) is 1.57. The summed E-state index contributed by atoms with van der Waals surface area (Å²) in [6, 6.07) is 1.08. The summed E-state index contributed by atoms with van der Waals surface area (Å²) in [5.41, 5.74) is -1.03. The van der Waals surface area contributed by atoms with Gasteiger partial charge in [0.25, 0.3) is 0 Å². The Hall–Kier alpha value is -1.15. The molecule has 1 nitrogen and oxygen atoms in total. The fourth-order valence-corrected chi connectivity index (χ4v) is 3.03. The highest BCUT2D eigenvalue weighted by Crippen LogP contribution is 2.32. The number of halogens is 6. The molecule has 20 heavy (non-hydrogen) atoms. The Kier molecular flexibility index (Phi) is 4.33. The highest BCUT2D eigenvalue weighted by molar-refractivity contribution is 9.10. The van der Waals surface area contributed by atoms with Gasteiger partial charge in [-0.2, -0.15) is 0 Å². The fraction of sp³-hybridized carbons (Fsp3) is 0.167. The molecule has 2 rings (SSSR count). The van der Waals surface area contributed by atoms with Gasteiger partial charge in [-0.05, 0) is 28.9 Å². The lowest BCUT2D eigenvalue weighted by Gasteiger charge is -2.16. The van der Waals surface area contributed by atoms with Gasteiger partial charge in [-0.15, -0.1) is 11.3 Å². The third kappa shape index (κ3) is 2.67. The number of thiophene rings is 1. The SMILES string of the molecule is CC(Nc1c(F)c(F)c(F)c(F)c1F)c1cc(Br)cs1. The summed E-state index contributed by atoms with van der Waals surface area (Å²) in [7, 11) is 0. The Morgan fingerprint density at radius 2 is 1.50 bits per heavy atom. The molecule has 0 fully saturated rings. The lowest BCUT2D eigenvalue weighted by Crippen LogP contribution is -2.12. The zero-order chi connectivity index (χ0) is 15.0.